The van der Waals surface area contributed by atoms with Gasteiger partial charge in [-0.25, -0.2) is 4.98 Å². The highest BCUT2D eigenvalue weighted by molar-refractivity contribution is 5.78. The Bertz CT molecular complexity index is 389. The molecule has 17 heavy (non-hydrogen) atoms. The van der Waals surface area contributed by atoms with Crippen molar-refractivity contribution < 1.29 is 9.21 Å². The lowest BCUT2D eigenvalue weighted by Gasteiger charge is -2.25. The molecule has 94 valence electrons. The van der Waals surface area contributed by atoms with Crippen molar-refractivity contribution in [2.45, 2.75) is 45.2 Å². The van der Waals surface area contributed by atoms with E-state index in [-0.39, 0.29) is 17.9 Å². The van der Waals surface area contributed by atoms with E-state index in [4.69, 9.17) is 10.2 Å². The summed E-state index contributed by atoms with van der Waals surface area (Å²) in [4.78, 5) is 15.9. The minimum absolute atomic E-state index is 0.0507. The van der Waals surface area contributed by atoms with E-state index >= 15 is 0 Å². The Morgan fingerprint density at radius 3 is 3.12 bits per heavy atom. The first-order valence-corrected chi connectivity index (χ1v) is 6.09. The Morgan fingerprint density at radius 1 is 1.65 bits per heavy atom. The van der Waals surface area contributed by atoms with Crippen LogP contribution < -0.4 is 11.1 Å². The average Bonchev–Trinajstić information content (AvgIpc) is 2.72. The molecule has 1 amide bonds. The van der Waals surface area contributed by atoms with Crippen molar-refractivity contribution in [1.82, 2.24) is 10.3 Å². The zero-order chi connectivity index (χ0) is 12.3. The van der Waals surface area contributed by atoms with Crippen LogP contribution in [0.15, 0.2) is 10.6 Å². The van der Waals surface area contributed by atoms with Crippen LogP contribution in [0.25, 0.3) is 0 Å². The fourth-order valence-electron chi connectivity index (χ4n) is 2.26. The highest BCUT2D eigenvalue weighted by Crippen LogP contribution is 2.23. The Labute approximate surface area is 101 Å². The number of aryl methyl sites for hydroxylation is 1. The normalized spacial score (nSPS) is 24.6. The molecule has 2 rings (SSSR count). The highest BCUT2D eigenvalue weighted by atomic mass is 16.4. The van der Waals surface area contributed by atoms with Crippen molar-refractivity contribution in [3.8, 4) is 0 Å². The maximum atomic E-state index is 11.9. The number of hydrogen-bond acceptors (Lipinski definition) is 4. The molecule has 0 bridgehead atoms. The summed E-state index contributed by atoms with van der Waals surface area (Å²) in [6.45, 7) is 2.19. The van der Waals surface area contributed by atoms with Gasteiger partial charge < -0.3 is 15.5 Å². The summed E-state index contributed by atoms with van der Waals surface area (Å²) in [7, 11) is 0. The number of carbonyl (C=O) groups is 1. The van der Waals surface area contributed by atoms with Gasteiger partial charge in [-0.05, 0) is 26.2 Å². The minimum atomic E-state index is 0.0507. The van der Waals surface area contributed by atoms with Crippen LogP contribution in [0.4, 0.5) is 0 Å². The molecular weight excluding hydrogens is 218 g/mol. The summed E-state index contributed by atoms with van der Waals surface area (Å²) < 4.78 is 5.29. The third-order valence-corrected chi connectivity index (χ3v) is 3.17. The number of amides is 1. The molecule has 1 aromatic heterocycles. The van der Waals surface area contributed by atoms with E-state index in [0.29, 0.717) is 12.4 Å². The number of nitrogens with two attached hydrogens (primary N) is 1. The molecule has 1 aromatic rings. The Morgan fingerprint density at radius 2 is 2.47 bits per heavy atom. The van der Waals surface area contributed by atoms with Crippen molar-refractivity contribution in [1.29, 1.82) is 0 Å². The summed E-state index contributed by atoms with van der Waals surface area (Å²) in [5.41, 5.74) is 5.86. The molecule has 0 aliphatic heterocycles. The van der Waals surface area contributed by atoms with Crippen LogP contribution in [0.5, 0.6) is 0 Å². The Balaban J connectivity index is 1.80. The summed E-state index contributed by atoms with van der Waals surface area (Å²) in [6.07, 6.45) is 5.44. The van der Waals surface area contributed by atoms with E-state index in [1.807, 2.05) is 6.92 Å². The van der Waals surface area contributed by atoms with Gasteiger partial charge in [0.1, 0.15) is 5.76 Å². The third-order valence-electron chi connectivity index (χ3n) is 3.17. The molecule has 0 radical (unpaired) electrons. The standard InChI is InChI=1S/C12H19N3O2/c1-8-6-14-11(17-8)7-15-12(16)9-3-2-4-10(13)5-9/h6,9-10H,2-5,7,13H2,1H3,(H,15,16). The summed E-state index contributed by atoms with van der Waals surface area (Å²) >= 11 is 0. The lowest BCUT2D eigenvalue weighted by Crippen LogP contribution is -2.37. The van der Waals surface area contributed by atoms with Crippen LogP contribution in [0, 0.1) is 12.8 Å². The number of hydrogen-bond donors (Lipinski definition) is 2. The SMILES string of the molecule is Cc1cnc(CNC(=O)C2CCCC(N)C2)o1. The maximum Gasteiger partial charge on any atom is 0.223 e. The summed E-state index contributed by atoms with van der Waals surface area (Å²) in [6, 6.07) is 0.170. The number of oxazole rings is 1. The van der Waals surface area contributed by atoms with E-state index in [1.54, 1.807) is 6.20 Å². The predicted octanol–water partition coefficient (Wildman–Crippen LogP) is 1.12. The molecule has 1 heterocycles. The molecule has 3 N–H and O–H groups in total. The highest BCUT2D eigenvalue weighted by Gasteiger charge is 2.25. The van der Waals surface area contributed by atoms with Gasteiger partial charge in [0.25, 0.3) is 0 Å². The molecule has 5 heteroatoms. The number of carbonyl (C=O) groups excluding carboxylic acids is 1. The van der Waals surface area contributed by atoms with E-state index < -0.39 is 0 Å². The van der Waals surface area contributed by atoms with Gasteiger partial charge in [-0.3, -0.25) is 4.79 Å². The Kier molecular flexibility index (Phi) is 3.78. The smallest absolute Gasteiger partial charge is 0.223 e. The van der Waals surface area contributed by atoms with Crippen LogP contribution in [-0.2, 0) is 11.3 Å². The fourth-order valence-corrected chi connectivity index (χ4v) is 2.26. The molecule has 0 aromatic carbocycles. The van der Waals surface area contributed by atoms with E-state index in [9.17, 15) is 4.79 Å². The second kappa shape index (κ2) is 5.31. The van der Waals surface area contributed by atoms with Gasteiger partial charge >= 0.3 is 0 Å². The average molecular weight is 237 g/mol. The molecule has 0 saturated heterocycles. The summed E-state index contributed by atoms with van der Waals surface area (Å²) in [5, 5.41) is 2.85. The van der Waals surface area contributed by atoms with Crippen LogP contribution in [0.3, 0.4) is 0 Å². The van der Waals surface area contributed by atoms with Gasteiger partial charge in [0, 0.05) is 12.0 Å². The zero-order valence-electron chi connectivity index (χ0n) is 10.1. The minimum Gasteiger partial charge on any atom is -0.444 e. The third kappa shape index (κ3) is 3.30. The van der Waals surface area contributed by atoms with Crippen LogP contribution in [-0.4, -0.2) is 16.9 Å². The molecule has 1 fully saturated rings. The van der Waals surface area contributed by atoms with Crippen LogP contribution >= 0.6 is 0 Å². The molecule has 0 spiro atoms. The van der Waals surface area contributed by atoms with E-state index in [1.165, 1.54) is 0 Å². The zero-order valence-corrected chi connectivity index (χ0v) is 10.1. The first-order valence-electron chi connectivity index (χ1n) is 6.09. The van der Waals surface area contributed by atoms with Gasteiger partial charge in [-0.15, -0.1) is 0 Å². The van der Waals surface area contributed by atoms with Gasteiger partial charge in [-0.2, -0.15) is 0 Å². The van der Waals surface area contributed by atoms with Crippen molar-refractivity contribution in [2.24, 2.45) is 11.7 Å². The number of aromatic nitrogens is 1. The molecule has 1 saturated carbocycles. The Hall–Kier alpha value is -1.36. The maximum absolute atomic E-state index is 11.9. The lowest BCUT2D eigenvalue weighted by molar-refractivity contribution is -0.126. The predicted molar refractivity (Wildman–Crippen MR) is 63.0 cm³/mol. The van der Waals surface area contributed by atoms with Crippen LogP contribution in [0.2, 0.25) is 0 Å². The second-order valence-electron chi connectivity index (χ2n) is 4.71. The second-order valence-corrected chi connectivity index (χ2v) is 4.71. The molecule has 1 aliphatic rings. The molecule has 1 aliphatic carbocycles. The fraction of sp³-hybridized carbons (Fsp3) is 0.667. The topological polar surface area (TPSA) is 81.2 Å². The molecular formula is C12H19N3O2. The lowest BCUT2D eigenvalue weighted by atomic mass is 9.85. The largest absolute Gasteiger partial charge is 0.444 e. The first kappa shape index (κ1) is 12.1. The number of nitrogens with zero attached hydrogens (tertiary/aromatic N) is 1. The van der Waals surface area contributed by atoms with Crippen molar-refractivity contribution in [2.75, 3.05) is 0 Å². The van der Waals surface area contributed by atoms with Gasteiger partial charge in [0.05, 0.1) is 12.7 Å². The number of nitrogens with one attached hydrogen (secondary N) is 1. The van der Waals surface area contributed by atoms with E-state index in [2.05, 4.69) is 10.3 Å². The first-order chi connectivity index (χ1) is 8.15. The number of rotatable bonds is 3. The monoisotopic (exact) mass is 237 g/mol. The van der Waals surface area contributed by atoms with E-state index in [0.717, 1.165) is 31.4 Å². The van der Waals surface area contributed by atoms with Crippen molar-refractivity contribution in [3.63, 3.8) is 0 Å². The van der Waals surface area contributed by atoms with Crippen molar-refractivity contribution in [3.05, 3.63) is 17.8 Å². The van der Waals surface area contributed by atoms with Gasteiger partial charge in [-0.1, -0.05) is 6.42 Å². The van der Waals surface area contributed by atoms with Crippen LogP contribution in [0.1, 0.15) is 37.3 Å². The van der Waals surface area contributed by atoms with Gasteiger partial charge in [0.15, 0.2) is 0 Å². The molecule has 5 nitrogen and oxygen atoms in total. The van der Waals surface area contributed by atoms with Crippen molar-refractivity contribution >= 4 is 5.91 Å². The summed E-state index contributed by atoms with van der Waals surface area (Å²) in [5.74, 6) is 1.43. The quantitative estimate of drug-likeness (QED) is 0.825. The van der Waals surface area contributed by atoms with Gasteiger partial charge in [0.2, 0.25) is 11.8 Å². The molecule has 2 unspecified atom stereocenters. The molecule has 2 atom stereocenters.